The van der Waals surface area contributed by atoms with Gasteiger partial charge in [-0.3, -0.25) is 0 Å². The molecule has 0 spiro atoms. The van der Waals surface area contributed by atoms with Crippen LogP contribution in [0.4, 0.5) is 5.69 Å². The van der Waals surface area contributed by atoms with Crippen LogP contribution in [0.25, 0.3) is 33.9 Å². The zero-order valence-electron chi connectivity index (χ0n) is 23.3. The van der Waals surface area contributed by atoms with Gasteiger partial charge in [-0.25, -0.2) is 0 Å². The van der Waals surface area contributed by atoms with Gasteiger partial charge in [-0.15, -0.1) is 0 Å². The van der Waals surface area contributed by atoms with Crippen molar-refractivity contribution in [1.29, 1.82) is 0 Å². The molecule has 1 N–H and O–H groups in total. The Labute approximate surface area is 232 Å². The molecule has 0 fully saturated rings. The Morgan fingerprint density at radius 1 is 0.949 bits per heavy atom. The molecular formula is C35H37N2O2+. The van der Waals surface area contributed by atoms with Crippen molar-refractivity contribution in [3.05, 3.63) is 127 Å². The van der Waals surface area contributed by atoms with Crippen LogP contribution in [-0.4, -0.2) is 0 Å². The molecule has 0 radical (unpaired) electrons. The number of fused-ring (bicyclic) bond motifs is 2. The van der Waals surface area contributed by atoms with Crippen LogP contribution in [0, 0.1) is 0 Å². The van der Waals surface area contributed by atoms with Gasteiger partial charge in [0, 0.05) is 12.1 Å². The summed E-state index contributed by atoms with van der Waals surface area (Å²) in [7, 11) is 0. The first-order chi connectivity index (χ1) is 19.1. The molecule has 0 unspecified atom stereocenters. The molecule has 198 valence electrons. The molecule has 0 bridgehead atoms. The van der Waals surface area contributed by atoms with Crippen molar-refractivity contribution in [2.75, 3.05) is 5.32 Å². The van der Waals surface area contributed by atoms with Crippen molar-refractivity contribution in [3.63, 3.8) is 0 Å². The number of hydrogen-bond acceptors (Lipinski definition) is 3. The van der Waals surface area contributed by atoms with Gasteiger partial charge in [0.1, 0.15) is 6.54 Å². The van der Waals surface area contributed by atoms with Gasteiger partial charge in [-0.1, -0.05) is 94.6 Å². The van der Waals surface area contributed by atoms with Crippen LogP contribution >= 0.6 is 0 Å². The topological polar surface area (TPSA) is 38.3 Å². The highest BCUT2D eigenvalue weighted by atomic mass is 16.5. The summed E-state index contributed by atoms with van der Waals surface area (Å²) >= 11 is 0. The fourth-order valence-corrected chi connectivity index (χ4v) is 4.57. The molecule has 5 rings (SSSR count). The summed E-state index contributed by atoms with van der Waals surface area (Å²) in [6, 6.07) is 22.9. The number of benzene rings is 3. The number of aryl methyl sites for hydroxylation is 1. The number of aromatic nitrogens is 1. The third-order valence-corrected chi connectivity index (χ3v) is 6.50. The quantitative estimate of drug-likeness (QED) is 0.187. The van der Waals surface area contributed by atoms with Crippen LogP contribution in [0.2, 0.25) is 0 Å². The molecule has 0 aliphatic carbocycles. The normalized spacial score (nSPS) is 13.8. The van der Waals surface area contributed by atoms with Crippen molar-refractivity contribution in [2.45, 2.75) is 40.7 Å². The molecule has 1 aliphatic heterocycles. The van der Waals surface area contributed by atoms with Gasteiger partial charge in [-0.2, -0.15) is 4.57 Å². The Morgan fingerprint density at radius 3 is 2.44 bits per heavy atom. The molecule has 0 saturated carbocycles. The van der Waals surface area contributed by atoms with E-state index in [1.165, 1.54) is 11.1 Å². The molecule has 39 heavy (non-hydrogen) atoms. The summed E-state index contributed by atoms with van der Waals surface area (Å²) in [4.78, 5) is 0. The number of nitrogens with one attached hydrogen (secondary N) is 1. The van der Waals surface area contributed by atoms with Gasteiger partial charge < -0.3 is 14.5 Å². The Balaban J connectivity index is 0.00000172. The van der Waals surface area contributed by atoms with Gasteiger partial charge in [0.05, 0.1) is 11.8 Å². The highest BCUT2D eigenvalue weighted by Crippen LogP contribution is 2.36. The lowest BCUT2D eigenvalue weighted by Crippen LogP contribution is -2.33. The molecule has 4 nitrogen and oxygen atoms in total. The average Bonchev–Trinajstić information content (AvgIpc) is 3.55. The number of rotatable bonds is 8. The standard InChI is InChI=1S/C33H30N2O2.C2H6/c1-5-12-24(7-3)26-15-17-30-28(21-26)34-32(36-30)19-23(6-2)20-33-35(8-4)29-22-27(16-18-31(29)37-33)25-13-10-9-11-14-25;1-2/h5,7,9-22H,1,3,6,8H2,2,4H3;1-2H3/p+1/b24-12+;. The fraction of sp³-hybridized carbons (Fsp3) is 0.171. The number of oxazole rings is 1. The van der Waals surface area contributed by atoms with Crippen molar-refractivity contribution >= 4 is 28.4 Å². The minimum atomic E-state index is 0.693. The van der Waals surface area contributed by atoms with E-state index < -0.39 is 0 Å². The van der Waals surface area contributed by atoms with Gasteiger partial charge >= 0.3 is 5.89 Å². The van der Waals surface area contributed by atoms with Crippen LogP contribution in [0.3, 0.4) is 0 Å². The van der Waals surface area contributed by atoms with E-state index in [1.807, 2.05) is 50.3 Å². The minimum absolute atomic E-state index is 0.693. The van der Waals surface area contributed by atoms with Crippen molar-refractivity contribution in [2.24, 2.45) is 0 Å². The van der Waals surface area contributed by atoms with Crippen LogP contribution in [0.15, 0.2) is 120 Å². The number of allylic oxidation sites excluding steroid dienone is 6. The second-order valence-electron chi connectivity index (χ2n) is 8.81. The van der Waals surface area contributed by atoms with Gasteiger partial charge in [0.25, 0.3) is 5.52 Å². The third-order valence-electron chi connectivity index (χ3n) is 6.50. The Morgan fingerprint density at radius 2 is 1.74 bits per heavy atom. The smallest absolute Gasteiger partial charge is 0.374 e. The predicted molar refractivity (Wildman–Crippen MR) is 164 cm³/mol. The highest BCUT2D eigenvalue weighted by molar-refractivity contribution is 5.80. The maximum absolute atomic E-state index is 6.29. The van der Waals surface area contributed by atoms with Crippen molar-refractivity contribution < 1.29 is 13.7 Å². The first-order valence-corrected chi connectivity index (χ1v) is 13.6. The predicted octanol–water partition coefficient (Wildman–Crippen LogP) is 9.33. The average molecular weight is 518 g/mol. The lowest BCUT2D eigenvalue weighted by molar-refractivity contribution is -0.674. The van der Waals surface area contributed by atoms with Crippen LogP contribution in [0.1, 0.15) is 45.6 Å². The van der Waals surface area contributed by atoms with Crippen LogP contribution in [-0.2, 0) is 6.54 Å². The van der Waals surface area contributed by atoms with Gasteiger partial charge in [0.15, 0.2) is 11.6 Å². The van der Waals surface area contributed by atoms with Gasteiger partial charge in [-0.05, 0) is 59.4 Å². The fourth-order valence-electron chi connectivity index (χ4n) is 4.57. The molecule has 0 amide bonds. The summed E-state index contributed by atoms with van der Waals surface area (Å²) in [5, 5.41) is 3.40. The van der Waals surface area contributed by atoms with Crippen LogP contribution in [0.5, 0.6) is 5.75 Å². The summed E-state index contributed by atoms with van der Waals surface area (Å²) in [5.41, 5.74) is 8.41. The molecule has 1 aliphatic rings. The Kier molecular flexibility index (Phi) is 9.01. The monoisotopic (exact) mass is 517 g/mol. The van der Waals surface area contributed by atoms with E-state index in [9.17, 15) is 0 Å². The van der Waals surface area contributed by atoms with Gasteiger partial charge in [0.2, 0.25) is 5.58 Å². The molecule has 1 aromatic heterocycles. The minimum Gasteiger partial charge on any atom is -0.439 e. The van der Waals surface area contributed by atoms with E-state index in [2.05, 4.69) is 91.5 Å². The molecule has 4 aromatic rings. The first-order valence-electron chi connectivity index (χ1n) is 13.6. The number of anilines is 1. The third kappa shape index (κ3) is 5.96. The van der Waals surface area contributed by atoms with E-state index in [1.54, 1.807) is 6.08 Å². The molecule has 2 heterocycles. The summed E-state index contributed by atoms with van der Waals surface area (Å²) in [6.07, 6.45) is 10.5. The van der Waals surface area contributed by atoms with Crippen molar-refractivity contribution in [3.8, 4) is 16.9 Å². The second-order valence-corrected chi connectivity index (χ2v) is 8.81. The lowest BCUT2D eigenvalue weighted by Gasteiger charge is -2.03. The second kappa shape index (κ2) is 12.8. The van der Waals surface area contributed by atoms with E-state index >= 15 is 0 Å². The van der Waals surface area contributed by atoms with E-state index in [0.29, 0.717) is 5.88 Å². The lowest BCUT2D eigenvalue weighted by atomic mass is 10.0. The molecule has 3 aromatic carbocycles. The highest BCUT2D eigenvalue weighted by Gasteiger charge is 2.22. The number of hydrogen-bond donors (Lipinski definition) is 1. The first kappa shape index (κ1) is 27.5. The summed E-state index contributed by atoms with van der Waals surface area (Å²) in [6.45, 7) is 16.8. The number of nitrogens with zero attached hydrogens (tertiary/aromatic N) is 1. The Hall–Kier alpha value is -4.57. The molecule has 4 heteroatoms. The maximum atomic E-state index is 6.29. The van der Waals surface area contributed by atoms with E-state index in [4.69, 9.17) is 9.15 Å². The zero-order valence-corrected chi connectivity index (χ0v) is 23.3. The molecule has 0 atom stereocenters. The number of ether oxygens (including phenoxy) is 1. The SMILES string of the molecule is C=C/C=C(\C=C)c1ccc2c(c1)N/C(=C/C(=C/c1oc3ccc(-c4ccccc4)cc3[n+]1CC)CC)O2.CC. The van der Waals surface area contributed by atoms with Crippen LogP contribution < -0.4 is 14.6 Å². The summed E-state index contributed by atoms with van der Waals surface area (Å²) in [5.74, 6) is 2.31. The maximum Gasteiger partial charge on any atom is 0.374 e. The Bertz CT molecular complexity index is 1570. The summed E-state index contributed by atoms with van der Waals surface area (Å²) < 4.78 is 14.6. The van der Waals surface area contributed by atoms with E-state index in [0.717, 1.165) is 58.1 Å². The molecular weight excluding hydrogens is 480 g/mol. The largest absolute Gasteiger partial charge is 0.439 e. The molecule has 0 saturated heterocycles. The van der Waals surface area contributed by atoms with Crippen molar-refractivity contribution in [1.82, 2.24) is 0 Å². The van der Waals surface area contributed by atoms with E-state index in [-0.39, 0.29) is 0 Å². The zero-order chi connectivity index (χ0) is 27.8.